The summed E-state index contributed by atoms with van der Waals surface area (Å²) >= 11 is 0. The van der Waals surface area contributed by atoms with Crippen LogP contribution in [0.4, 0.5) is 0 Å². The molecule has 0 radical (unpaired) electrons. The summed E-state index contributed by atoms with van der Waals surface area (Å²) < 4.78 is 13.3. The Bertz CT molecular complexity index is 851. The third-order valence-corrected chi connectivity index (χ3v) is 15.6. The highest BCUT2D eigenvalue weighted by Crippen LogP contribution is 2.43. The zero-order chi connectivity index (χ0) is 26.0. The molecule has 8 heteroatoms. The first-order valence-electron chi connectivity index (χ1n) is 11.7. The number of carbonyl (C=O) groups is 2. The van der Waals surface area contributed by atoms with E-state index in [1.165, 1.54) is 0 Å². The van der Waals surface area contributed by atoms with Crippen LogP contribution in [0.5, 0.6) is 11.5 Å². The molecule has 0 fully saturated rings. The molecular weight excluding hydrogens is 450 g/mol. The summed E-state index contributed by atoms with van der Waals surface area (Å²) in [6.07, 6.45) is 0.169. The van der Waals surface area contributed by atoms with Gasteiger partial charge in [-0.15, -0.1) is 0 Å². The van der Waals surface area contributed by atoms with E-state index in [9.17, 15) is 14.7 Å². The summed E-state index contributed by atoms with van der Waals surface area (Å²) in [5.74, 6) is -0.267. The molecule has 0 aliphatic carbocycles. The van der Waals surface area contributed by atoms with Crippen LogP contribution in [0.3, 0.4) is 0 Å². The first kappa shape index (κ1) is 29.2. The molecule has 6 nitrogen and oxygen atoms in total. The van der Waals surface area contributed by atoms with Crippen LogP contribution in [0.1, 0.15) is 61.0 Å². The minimum Gasteiger partial charge on any atom is -0.541 e. The maximum Gasteiger partial charge on any atom is 0.326 e. The molecule has 2 N–H and O–H groups in total. The molecule has 1 aromatic carbocycles. The van der Waals surface area contributed by atoms with Gasteiger partial charge in [0.1, 0.15) is 17.5 Å². The average Bonchev–Trinajstić information content (AvgIpc) is 2.60. The van der Waals surface area contributed by atoms with Crippen LogP contribution in [-0.2, 0) is 16.0 Å². The Balaban J connectivity index is 3.41. The maximum atomic E-state index is 12.1. The molecule has 0 aromatic heterocycles. The Labute approximate surface area is 202 Å². The number of benzene rings is 1. The number of carboxylic acids is 1. The van der Waals surface area contributed by atoms with E-state index >= 15 is 0 Å². The molecule has 1 aromatic rings. The van der Waals surface area contributed by atoms with E-state index in [4.69, 9.17) is 8.85 Å². The predicted molar refractivity (Wildman–Crippen MR) is 140 cm³/mol. The van der Waals surface area contributed by atoms with E-state index in [1.54, 1.807) is 13.8 Å². The van der Waals surface area contributed by atoms with Gasteiger partial charge < -0.3 is 19.3 Å². The van der Waals surface area contributed by atoms with Crippen molar-refractivity contribution >= 4 is 28.5 Å². The molecule has 0 bridgehead atoms. The summed E-state index contributed by atoms with van der Waals surface area (Å²) in [5, 5.41) is 12.3. The van der Waals surface area contributed by atoms with Crippen LogP contribution >= 0.6 is 0 Å². The Kier molecular flexibility index (Phi) is 9.05. The molecule has 0 unspecified atom stereocenters. The SMILES string of the molecule is CC(C)C(=O)N[C@@H](Cc1ccc(O[Si](C)(C)C(C)(C)C)c(O[Si](C)(C)C(C)(C)C)c1)C(=O)O. The Morgan fingerprint density at radius 2 is 1.36 bits per heavy atom. The van der Waals surface area contributed by atoms with Gasteiger partial charge in [0.15, 0.2) is 0 Å². The Morgan fingerprint density at radius 3 is 1.76 bits per heavy atom. The second-order valence-corrected chi connectivity index (χ2v) is 21.7. The van der Waals surface area contributed by atoms with Crippen molar-refractivity contribution in [2.45, 2.75) is 104 Å². The normalized spacial score (nSPS) is 14.1. The van der Waals surface area contributed by atoms with Gasteiger partial charge in [0, 0.05) is 12.3 Å². The molecule has 1 atom stereocenters. The summed E-state index contributed by atoms with van der Waals surface area (Å²) in [6.45, 7) is 25.3. The number of amides is 1. The molecule has 0 saturated carbocycles. The highest BCUT2D eigenvalue weighted by Gasteiger charge is 2.42. The van der Waals surface area contributed by atoms with Crippen molar-refractivity contribution in [3.8, 4) is 11.5 Å². The zero-order valence-corrected chi connectivity index (χ0v) is 24.7. The first-order valence-corrected chi connectivity index (χ1v) is 17.5. The van der Waals surface area contributed by atoms with Crippen LogP contribution in [0.15, 0.2) is 18.2 Å². The lowest BCUT2D eigenvalue weighted by molar-refractivity contribution is -0.142. The molecule has 1 amide bonds. The van der Waals surface area contributed by atoms with E-state index < -0.39 is 28.6 Å². The van der Waals surface area contributed by atoms with Gasteiger partial charge in [0.05, 0.1) is 0 Å². The van der Waals surface area contributed by atoms with E-state index in [0.29, 0.717) is 11.5 Å². The van der Waals surface area contributed by atoms with Crippen molar-refractivity contribution < 1.29 is 23.5 Å². The quantitative estimate of drug-likeness (QED) is 0.397. The van der Waals surface area contributed by atoms with Crippen LogP contribution in [0.2, 0.25) is 36.3 Å². The molecule has 0 spiro atoms. The molecule has 0 heterocycles. The smallest absolute Gasteiger partial charge is 0.326 e. The number of hydrogen-bond donors (Lipinski definition) is 2. The minimum absolute atomic E-state index is 0.00785. The van der Waals surface area contributed by atoms with Gasteiger partial charge in [-0.1, -0.05) is 61.5 Å². The number of carboxylic acid groups (broad SMARTS) is 1. The third-order valence-electron chi connectivity index (χ3n) is 6.93. The number of aliphatic carboxylic acids is 1. The van der Waals surface area contributed by atoms with Crippen LogP contribution < -0.4 is 14.2 Å². The van der Waals surface area contributed by atoms with Crippen molar-refractivity contribution in [3.63, 3.8) is 0 Å². The van der Waals surface area contributed by atoms with Gasteiger partial charge in [0.25, 0.3) is 16.6 Å². The highest BCUT2D eigenvalue weighted by molar-refractivity contribution is 6.75. The molecule has 33 heavy (non-hydrogen) atoms. The van der Waals surface area contributed by atoms with Crippen LogP contribution in [0, 0.1) is 5.92 Å². The van der Waals surface area contributed by atoms with Crippen molar-refractivity contribution in [1.82, 2.24) is 5.32 Å². The molecule has 0 aliphatic heterocycles. The van der Waals surface area contributed by atoms with E-state index in [2.05, 4.69) is 73.0 Å². The summed E-state index contributed by atoms with van der Waals surface area (Å²) in [4.78, 5) is 23.9. The summed E-state index contributed by atoms with van der Waals surface area (Å²) in [7, 11) is -4.29. The van der Waals surface area contributed by atoms with Crippen molar-refractivity contribution in [2.24, 2.45) is 5.92 Å². The predicted octanol–water partition coefficient (Wildman–Crippen LogP) is 6.22. The number of nitrogens with one attached hydrogen (secondary N) is 1. The van der Waals surface area contributed by atoms with Gasteiger partial charge >= 0.3 is 5.97 Å². The molecule has 0 saturated heterocycles. The van der Waals surface area contributed by atoms with Crippen molar-refractivity contribution in [2.75, 3.05) is 0 Å². The lowest BCUT2D eigenvalue weighted by Gasteiger charge is -2.39. The Morgan fingerprint density at radius 1 is 0.909 bits per heavy atom. The molecule has 1 rings (SSSR count). The van der Waals surface area contributed by atoms with E-state index in [-0.39, 0.29) is 28.3 Å². The summed E-state index contributed by atoms with van der Waals surface area (Å²) in [5.41, 5.74) is 0.780. The van der Waals surface area contributed by atoms with Gasteiger partial charge in [-0.3, -0.25) is 4.79 Å². The van der Waals surface area contributed by atoms with Crippen molar-refractivity contribution in [1.29, 1.82) is 0 Å². The lowest BCUT2D eigenvalue weighted by Crippen LogP contribution is -2.46. The second kappa shape index (κ2) is 10.2. The third kappa shape index (κ3) is 7.88. The average molecular weight is 496 g/mol. The minimum atomic E-state index is -2.17. The van der Waals surface area contributed by atoms with Crippen LogP contribution in [-0.4, -0.2) is 39.7 Å². The topological polar surface area (TPSA) is 84.9 Å². The monoisotopic (exact) mass is 495 g/mol. The molecule has 0 aliphatic rings. The standard InChI is InChI=1S/C25H45NO5Si2/c1-17(2)22(27)26-19(23(28)29)15-18-13-14-20(30-32(9,10)24(3,4)5)21(16-18)31-33(11,12)25(6,7)8/h13-14,16-17,19H,15H2,1-12H3,(H,26,27)(H,28,29)/t19-/m0/s1. The fourth-order valence-corrected chi connectivity index (χ4v) is 4.51. The maximum absolute atomic E-state index is 12.1. The number of hydrogen-bond acceptors (Lipinski definition) is 4. The first-order chi connectivity index (χ1) is 14.7. The highest BCUT2D eigenvalue weighted by atomic mass is 28.4. The fraction of sp³-hybridized carbons (Fsp3) is 0.680. The molecule has 188 valence electrons. The summed E-state index contributed by atoms with van der Waals surface area (Å²) in [6, 6.07) is 4.65. The fourth-order valence-electron chi connectivity index (χ4n) is 2.47. The largest absolute Gasteiger partial charge is 0.541 e. The van der Waals surface area contributed by atoms with Crippen LogP contribution in [0.25, 0.3) is 0 Å². The number of carbonyl (C=O) groups excluding carboxylic acids is 1. The Hall–Kier alpha value is -1.81. The second-order valence-electron chi connectivity index (χ2n) is 12.3. The van der Waals surface area contributed by atoms with E-state index in [1.807, 2.05) is 18.2 Å². The lowest BCUT2D eigenvalue weighted by atomic mass is 10.0. The van der Waals surface area contributed by atoms with Gasteiger partial charge in [-0.25, -0.2) is 4.79 Å². The zero-order valence-electron chi connectivity index (χ0n) is 22.7. The number of rotatable bonds is 9. The van der Waals surface area contributed by atoms with Gasteiger partial charge in [-0.05, 0) is 54.0 Å². The van der Waals surface area contributed by atoms with Gasteiger partial charge in [-0.2, -0.15) is 0 Å². The van der Waals surface area contributed by atoms with Gasteiger partial charge in [0.2, 0.25) is 5.91 Å². The van der Waals surface area contributed by atoms with E-state index in [0.717, 1.165) is 5.56 Å². The van der Waals surface area contributed by atoms with Crippen molar-refractivity contribution in [3.05, 3.63) is 23.8 Å². The molecular formula is C25H45NO5Si2.